The Morgan fingerprint density at radius 3 is 2.41 bits per heavy atom. The first-order valence-electron chi connectivity index (χ1n) is 10.5. The molecule has 0 unspecified atom stereocenters. The molecule has 0 fully saturated rings. The molecule has 3 aromatic rings. The fraction of sp³-hybridized carbons (Fsp3) is 0.217. The van der Waals surface area contributed by atoms with Gasteiger partial charge in [-0.15, -0.1) is 0 Å². The van der Waals surface area contributed by atoms with Crippen LogP contribution in [0.3, 0.4) is 0 Å². The highest BCUT2D eigenvalue weighted by molar-refractivity contribution is 7.89. The van der Waals surface area contributed by atoms with Gasteiger partial charge in [0.2, 0.25) is 15.9 Å². The number of anilines is 2. The van der Waals surface area contributed by atoms with Gasteiger partial charge in [-0.2, -0.15) is 0 Å². The van der Waals surface area contributed by atoms with Crippen molar-refractivity contribution in [1.29, 1.82) is 0 Å². The van der Waals surface area contributed by atoms with E-state index in [9.17, 15) is 18.0 Å². The number of nitrogens with one attached hydrogen (secondary N) is 3. The van der Waals surface area contributed by atoms with Gasteiger partial charge in [-0.1, -0.05) is 6.07 Å². The molecule has 1 aliphatic heterocycles. The summed E-state index contributed by atoms with van der Waals surface area (Å²) in [6.45, 7) is 0.848. The molecule has 2 aromatic carbocycles. The highest BCUT2D eigenvalue weighted by Gasteiger charge is 2.19. The van der Waals surface area contributed by atoms with Gasteiger partial charge in [-0.3, -0.25) is 9.59 Å². The Labute approximate surface area is 196 Å². The molecule has 0 atom stereocenters. The Bertz CT molecular complexity index is 1270. The number of benzene rings is 2. The van der Waals surface area contributed by atoms with E-state index in [0.29, 0.717) is 42.5 Å². The third-order valence-corrected chi connectivity index (χ3v) is 6.28. The maximum absolute atomic E-state index is 12.6. The highest BCUT2D eigenvalue weighted by Crippen LogP contribution is 2.31. The van der Waals surface area contributed by atoms with Crippen molar-refractivity contribution in [2.24, 2.45) is 0 Å². The maximum atomic E-state index is 12.6. The van der Waals surface area contributed by atoms with Gasteiger partial charge in [-0.25, -0.2) is 13.1 Å². The van der Waals surface area contributed by atoms with E-state index in [0.717, 1.165) is 0 Å². The number of fused-ring (bicyclic) bond motifs is 1. The van der Waals surface area contributed by atoms with Gasteiger partial charge in [0.05, 0.1) is 24.4 Å². The zero-order chi connectivity index (χ0) is 24.0. The molecule has 1 aromatic heterocycles. The standard InChI is InChI=1S/C23H23N3O7S/c27-22(25-16-4-1-5-17(14-16)26-23(28)20-6-2-11-32-20)9-10-24-34(29,30)18-7-8-19-21(15-18)33-13-3-12-31-19/h1-2,4-8,11,14-15,24H,3,9-10,12-13H2,(H,25,27)(H,26,28). The largest absolute Gasteiger partial charge is 0.490 e. The Morgan fingerprint density at radius 1 is 0.882 bits per heavy atom. The van der Waals surface area contributed by atoms with Gasteiger partial charge in [-0.05, 0) is 42.5 Å². The monoisotopic (exact) mass is 485 g/mol. The molecule has 2 heterocycles. The number of amides is 2. The smallest absolute Gasteiger partial charge is 0.291 e. The number of carbonyl (C=O) groups excluding carboxylic acids is 2. The maximum Gasteiger partial charge on any atom is 0.291 e. The summed E-state index contributed by atoms with van der Waals surface area (Å²) in [6, 6.07) is 14.1. The minimum atomic E-state index is -3.84. The van der Waals surface area contributed by atoms with Gasteiger partial charge >= 0.3 is 0 Å². The van der Waals surface area contributed by atoms with Gasteiger partial charge in [0.1, 0.15) is 0 Å². The molecule has 11 heteroatoms. The zero-order valence-corrected chi connectivity index (χ0v) is 18.9. The van der Waals surface area contributed by atoms with Crippen molar-refractivity contribution < 1.29 is 31.9 Å². The van der Waals surface area contributed by atoms with E-state index in [1.165, 1.54) is 24.5 Å². The molecule has 4 rings (SSSR count). The van der Waals surface area contributed by atoms with Crippen LogP contribution in [-0.2, 0) is 14.8 Å². The van der Waals surface area contributed by atoms with Crippen LogP contribution in [0, 0.1) is 0 Å². The van der Waals surface area contributed by atoms with Crippen molar-refractivity contribution in [3.63, 3.8) is 0 Å². The number of rotatable bonds is 8. The first-order valence-corrected chi connectivity index (χ1v) is 12.0. The number of furan rings is 1. The van der Waals surface area contributed by atoms with E-state index in [1.807, 2.05) is 0 Å². The Morgan fingerprint density at radius 2 is 1.65 bits per heavy atom. The van der Waals surface area contributed by atoms with Crippen molar-refractivity contribution in [3.05, 3.63) is 66.6 Å². The van der Waals surface area contributed by atoms with Gasteiger partial charge in [0.15, 0.2) is 17.3 Å². The molecule has 3 N–H and O–H groups in total. The fourth-order valence-electron chi connectivity index (χ4n) is 3.19. The van der Waals surface area contributed by atoms with Crippen molar-refractivity contribution >= 4 is 33.2 Å². The Balaban J connectivity index is 1.29. The molecule has 0 aliphatic carbocycles. The lowest BCUT2D eigenvalue weighted by atomic mass is 10.2. The zero-order valence-electron chi connectivity index (χ0n) is 18.1. The number of sulfonamides is 1. The van der Waals surface area contributed by atoms with Crippen LogP contribution < -0.4 is 24.8 Å². The lowest BCUT2D eigenvalue weighted by Crippen LogP contribution is -2.28. The molecular weight excluding hydrogens is 462 g/mol. The Kier molecular flexibility index (Phi) is 7.14. The summed E-state index contributed by atoms with van der Waals surface area (Å²) in [6.07, 6.45) is 2.02. The summed E-state index contributed by atoms with van der Waals surface area (Å²) < 4.78 is 43.7. The number of carbonyl (C=O) groups is 2. The van der Waals surface area contributed by atoms with E-state index < -0.39 is 21.8 Å². The third kappa shape index (κ3) is 5.94. The van der Waals surface area contributed by atoms with Crippen LogP contribution in [0.1, 0.15) is 23.4 Å². The van der Waals surface area contributed by atoms with Crippen molar-refractivity contribution in [3.8, 4) is 11.5 Å². The first-order chi connectivity index (χ1) is 16.4. The van der Waals surface area contributed by atoms with Gasteiger partial charge < -0.3 is 24.5 Å². The van der Waals surface area contributed by atoms with Crippen LogP contribution in [0.25, 0.3) is 0 Å². The Hall–Kier alpha value is -3.83. The average molecular weight is 486 g/mol. The molecule has 0 spiro atoms. The van der Waals surface area contributed by atoms with Crippen molar-refractivity contribution in [2.75, 3.05) is 30.4 Å². The van der Waals surface area contributed by atoms with E-state index >= 15 is 0 Å². The summed E-state index contributed by atoms with van der Waals surface area (Å²) >= 11 is 0. The molecule has 178 valence electrons. The molecule has 34 heavy (non-hydrogen) atoms. The van der Waals surface area contributed by atoms with Crippen LogP contribution in [0.4, 0.5) is 11.4 Å². The molecule has 0 bridgehead atoms. The minimum Gasteiger partial charge on any atom is -0.490 e. The van der Waals surface area contributed by atoms with Crippen LogP contribution in [0.5, 0.6) is 11.5 Å². The average Bonchev–Trinajstić information content (AvgIpc) is 3.25. The number of hydrogen-bond acceptors (Lipinski definition) is 7. The van der Waals surface area contributed by atoms with Crippen LogP contribution in [0.15, 0.2) is 70.2 Å². The second-order valence-corrected chi connectivity index (χ2v) is 9.13. The van der Waals surface area contributed by atoms with Crippen LogP contribution >= 0.6 is 0 Å². The predicted molar refractivity (Wildman–Crippen MR) is 124 cm³/mol. The quantitative estimate of drug-likeness (QED) is 0.446. The van der Waals surface area contributed by atoms with E-state index in [2.05, 4.69) is 15.4 Å². The summed E-state index contributed by atoms with van der Waals surface area (Å²) in [7, 11) is -3.84. The number of ether oxygens (including phenoxy) is 2. The fourth-order valence-corrected chi connectivity index (χ4v) is 4.24. The van der Waals surface area contributed by atoms with Crippen LogP contribution in [-0.4, -0.2) is 40.0 Å². The second kappa shape index (κ2) is 10.4. The molecule has 0 saturated carbocycles. The molecule has 10 nitrogen and oxygen atoms in total. The van der Waals surface area contributed by atoms with Gasteiger partial charge in [0, 0.05) is 36.8 Å². The van der Waals surface area contributed by atoms with Crippen LogP contribution in [0.2, 0.25) is 0 Å². The first kappa shape index (κ1) is 23.3. The van der Waals surface area contributed by atoms with Crippen molar-refractivity contribution in [2.45, 2.75) is 17.7 Å². The van der Waals surface area contributed by atoms with E-state index in [1.54, 1.807) is 36.4 Å². The van der Waals surface area contributed by atoms with E-state index in [4.69, 9.17) is 13.9 Å². The summed E-state index contributed by atoms with van der Waals surface area (Å²) in [5.74, 6) is 0.222. The summed E-state index contributed by atoms with van der Waals surface area (Å²) in [5, 5.41) is 5.35. The molecule has 2 amide bonds. The molecule has 1 aliphatic rings. The minimum absolute atomic E-state index is 0.0251. The van der Waals surface area contributed by atoms with E-state index in [-0.39, 0.29) is 23.6 Å². The van der Waals surface area contributed by atoms with Crippen molar-refractivity contribution in [1.82, 2.24) is 4.72 Å². The summed E-state index contributed by atoms with van der Waals surface area (Å²) in [5.41, 5.74) is 0.919. The topological polar surface area (TPSA) is 136 Å². The molecule has 0 radical (unpaired) electrons. The lowest BCUT2D eigenvalue weighted by Gasteiger charge is -2.11. The lowest BCUT2D eigenvalue weighted by molar-refractivity contribution is -0.116. The normalized spacial score (nSPS) is 13.1. The second-order valence-electron chi connectivity index (χ2n) is 7.37. The summed E-state index contributed by atoms with van der Waals surface area (Å²) in [4.78, 5) is 24.4. The molecular formula is C23H23N3O7S. The molecule has 0 saturated heterocycles. The number of hydrogen-bond donors (Lipinski definition) is 3. The SMILES string of the molecule is O=C(CCNS(=O)(=O)c1ccc2c(c1)OCCCO2)Nc1cccc(NC(=O)c2ccco2)c1. The highest BCUT2D eigenvalue weighted by atomic mass is 32.2. The third-order valence-electron chi connectivity index (χ3n) is 4.82. The predicted octanol–water partition coefficient (Wildman–Crippen LogP) is 3.00. The van der Waals surface area contributed by atoms with Gasteiger partial charge in [0.25, 0.3) is 5.91 Å².